The van der Waals surface area contributed by atoms with Crippen molar-refractivity contribution in [3.05, 3.63) is 0 Å². The monoisotopic (exact) mass is 747 g/mol. The molecule has 0 spiro atoms. The summed E-state index contributed by atoms with van der Waals surface area (Å²) in [6, 6.07) is 0. The molecule has 0 aliphatic carbocycles. The van der Waals surface area contributed by atoms with Gasteiger partial charge in [-0.1, -0.05) is 0 Å². The number of hydrogen-bond donors (Lipinski definition) is 0. The molecule has 0 amide bonds. The van der Waals surface area contributed by atoms with Gasteiger partial charge in [0.15, 0.2) is 0 Å². The van der Waals surface area contributed by atoms with Gasteiger partial charge in [0.1, 0.15) is 0 Å². The van der Waals surface area contributed by atoms with Gasteiger partial charge < -0.3 is 27.3 Å². The first kappa shape index (κ1) is 38.1. The van der Waals surface area contributed by atoms with Crippen LogP contribution in [-0.2, 0) is 51.3 Å². The molecule has 0 aromatic rings. The molecule has 0 heterocycles. The summed E-state index contributed by atoms with van der Waals surface area (Å²) < 4.78 is 102. The molecule has 0 atom stereocenters. The van der Waals surface area contributed by atoms with Crippen molar-refractivity contribution < 1.29 is 210 Å². The standard InChI is InChI=1S/2Cs.Ir.3H2O4S/c;;;3*1-5(2,3)4/h;;;3*(H2,1,2,3,4)/q2*+1;+4;;;/p-6. The summed E-state index contributed by atoms with van der Waals surface area (Å²) in [5.41, 5.74) is 0. The van der Waals surface area contributed by atoms with E-state index >= 15 is 0 Å². The van der Waals surface area contributed by atoms with Gasteiger partial charge in [-0.05, 0) is 0 Å². The third-order valence-corrected chi connectivity index (χ3v) is 0. The maximum absolute atomic E-state index is 8.52. The second-order valence-electron chi connectivity index (χ2n) is 1.22. The molecule has 0 aromatic heterocycles. The van der Waals surface area contributed by atoms with Crippen LogP contribution >= 0.6 is 0 Å². The Kier molecular flexibility index (Phi) is 37.5. The average molecular weight is 746 g/mol. The smallest absolute Gasteiger partial charge is 0.759 e. The normalized spacial score (nSPS) is 9.67. The van der Waals surface area contributed by atoms with E-state index in [1.165, 1.54) is 0 Å². The molecule has 0 fully saturated rings. The second-order valence-corrected chi connectivity index (χ2v) is 3.67. The van der Waals surface area contributed by atoms with E-state index in [1.807, 2.05) is 0 Å². The molecule has 0 N–H and O–H groups in total. The Hall–Kier alpha value is 4.36. The first-order chi connectivity index (χ1) is 6.00. The minimum absolute atomic E-state index is 0. The number of rotatable bonds is 0. The van der Waals surface area contributed by atoms with Crippen LogP contribution in [0.15, 0.2) is 0 Å². The van der Waals surface area contributed by atoms with Gasteiger partial charge in [0.25, 0.3) is 0 Å². The molecule has 101 valence electrons. The van der Waals surface area contributed by atoms with Gasteiger partial charge in [-0.25, -0.2) is 0 Å². The maximum Gasteiger partial charge on any atom is 4.00 e. The molecule has 0 bridgehead atoms. The minimum atomic E-state index is -5.17. The first-order valence-corrected chi connectivity index (χ1v) is 6.00. The summed E-state index contributed by atoms with van der Waals surface area (Å²) in [6.45, 7) is 0. The topological polar surface area (TPSA) is 241 Å². The predicted octanol–water partition coefficient (Wildman–Crippen LogP) is -10.0. The van der Waals surface area contributed by atoms with Crippen molar-refractivity contribution in [1.82, 2.24) is 0 Å². The Morgan fingerprint density at radius 2 is 0.444 bits per heavy atom. The molecule has 0 aliphatic heterocycles. The summed E-state index contributed by atoms with van der Waals surface area (Å²) >= 11 is 0. The second kappa shape index (κ2) is 17.7. The molecule has 1 radical (unpaired) electrons. The fourth-order valence-electron chi connectivity index (χ4n) is 0. The van der Waals surface area contributed by atoms with Crippen LogP contribution in [0.1, 0.15) is 0 Å². The first-order valence-electron chi connectivity index (χ1n) is 2.00. The molecule has 0 aromatic carbocycles. The SMILES string of the molecule is O=S(=O)([O-])[O-].O=S(=O)([O-])[O-].O=S(=O)([O-])[O-].[Cs+].[Cs+].[Ir+4]. The van der Waals surface area contributed by atoms with E-state index in [0.717, 1.165) is 0 Å². The average Bonchev–Trinajstić information content (AvgIpc) is 1.41. The Morgan fingerprint density at radius 3 is 0.444 bits per heavy atom. The van der Waals surface area contributed by atoms with Gasteiger partial charge in [-0.15, -0.1) is 0 Å². The fourth-order valence-corrected chi connectivity index (χ4v) is 0. The Balaban J connectivity index is -0.0000000277. The molecule has 0 rings (SSSR count). The van der Waals surface area contributed by atoms with Crippen LogP contribution in [0.2, 0.25) is 0 Å². The molecule has 0 unspecified atom stereocenters. The van der Waals surface area contributed by atoms with Crippen molar-refractivity contribution in [2.75, 3.05) is 0 Å². The van der Waals surface area contributed by atoms with Gasteiger partial charge in [0.2, 0.25) is 0 Å². The van der Waals surface area contributed by atoms with Crippen molar-refractivity contribution in [3.8, 4) is 0 Å². The van der Waals surface area contributed by atoms with E-state index in [2.05, 4.69) is 0 Å². The Bertz CT molecular complexity index is 346. The van der Waals surface area contributed by atoms with Crippen molar-refractivity contribution >= 4 is 31.2 Å². The third kappa shape index (κ3) is 401. The van der Waals surface area contributed by atoms with Gasteiger partial charge in [-0.3, -0.25) is 25.3 Å². The van der Waals surface area contributed by atoms with Crippen molar-refractivity contribution in [2.45, 2.75) is 0 Å². The molecular weight excluding hydrogens is 746 g/mol. The van der Waals surface area contributed by atoms with Crippen LogP contribution in [0.5, 0.6) is 0 Å². The van der Waals surface area contributed by atoms with Crippen molar-refractivity contribution in [2.24, 2.45) is 0 Å². The fraction of sp³-hybridized carbons (Fsp3) is 0. The Labute approximate surface area is 234 Å². The van der Waals surface area contributed by atoms with Crippen LogP contribution in [0.25, 0.3) is 0 Å². The van der Waals surface area contributed by atoms with E-state index in [1.54, 1.807) is 0 Å². The van der Waals surface area contributed by atoms with Gasteiger partial charge >= 0.3 is 158 Å². The summed E-state index contributed by atoms with van der Waals surface area (Å²) in [5.74, 6) is 0. The van der Waals surface area contributed by atoms with E-state index in [0.29, 0.717) is 0 Å². The minimum Gasteiger partial charge on any atom is -0.759 e. The van der Waals surface area contributed by atoms with Crippen LogP contribution < -0.4 is 138 Å². The summed E-state index contributed by atoms with van der Waals surface area (Å²) in [7, 11) is -15.5. The zero-order valence-corrected chi connectivity index (χ0v) is 25.9. The largest absolute Gasteiger partial charge is 4.00 e. The van der Waals surface area contributed by atoms with Crippen LogP contribution in [0.4, 0.5) is 0 Å². The molecule has 0 aliphatic rings. The van der Waals surface area contributed by atoms with Crippen molar-refractivity contribution in [1.29, 1.82) is 0 Å². The van der Waals surface area contributed by atoms with E-state index in [-0.39, 0.29) is 158 Å². The molecule has 18 heavy (non-hydrogen) atoms. The molecule has 0 saturated heterocycles. The quantitative estimate of drug-likeness (QED) is 0.166. The summed E-state index contributed by atoms with van der Waals surface area (Å²) in [6.07, 6.45) is 0. The van der Waals surface area contributed by atoms with Crippen LogP contribution in [0.3, 0.4) is 0 Å². The van der Waals surface area contributed by atoms with Crippen molar-refractivity contribution in [3.63, 3.8) is 0 Å². The summed E-state index contributed by atoms with van der Waals surface area (Å²) in [4.78, 5) is 0. The summed E-state index contributed by atoms with van der Waals surface area (Å²) in [5, 5.41) is 0. The zero-order chi connectivity index (χ0) is 13.5. The van der Waals surface area contributed by atoms with E-state index in [9.17, 15) is 0 Å². The molecule has 12 nitrogen and oxygen atoms in total. The predicted molar refractivity (Wildman–Crippen MR) is 31.4 cm³/mol. The number of hydrogen-bond acceptors (Lipinski definition) is 12. The Morgan fingerprint density at radius 1 is 0.444 bits per heavy atom. The van der Waals surface area contributed by atoms with Gasteiger partial charge in [0.05, 0.1) is 0 Å². The van der Waals surface area contributed by atoms with Gasteiger partial charge in [-0.2, -0.15) is 0 Å². The zero-order valence-electron chi connectivity index (χ0n) is 8.46. The van der Waals surface area contributed by atoms with Gasteiger partial charge in [0, 0.05) is 31.2 Å². The van der Waals surface area contributed by atoms with E-state index < -0.39 is 31.2 Å². The van der Waals surface area contributed by atoms with Crippen LogP contribution in [-0.4, -0.2) is 52.6 Å². The molecule has 0 saturated carbocycles. The third-order valence-electron chi connectivity index (χ3n) is 0. The van der Waals surface area contributed by atoms with Crippen LogP contribution in [0, 0.1) is 0 Å². The maximum atomic E-state index is 8.52. The molecular formula is Cs2IrO12S3. The van der Waals surface area contributed by atoms with E-state index in [4.69, 9.17) is 52.6 Å². The molecule has 18 heteroatoms.